The Bertz CT molecular complexity index is 1190. The minimum atomic E-state index is -0.724. The SMILES string of the molecule is CCc1cc(-c2cnc3c(Nc4cc(CN5CCCC(F)C5)ns4)nc(C)cn23)c[nH]1. The van der Waals surface area contributed by atoms with E-state index in [0.717, 1.165) is 52.7 Å². The lowest BCUT2D eigenvalue weighted by Gasteiger charge is -2.27. The maximum atomic E-state index is 13.7. The van der Waals surface area contributed by atoms with Gasteiger partial charge < -0.3 is 10.3 Å². The van der Waals surface area contributed by atoms with Crippen LogP contribution in [-0.2, 0) is 13.0 Å². The molecule has 0 aliphatic carbocycles. The van der Waals surface area contributed by atoms with Crippen molar-refractivity contribution in [3.05, 3.63) is 47.8 Å². The summed E-state index contributed by atoms with van der Waals surface area (Å²) in [6, 6.07) is 4.18. The second-order valence-electron chi connectivity index (χ2n) is 8.12. The first-order chi connectivity index (χ1) is 15.1. The minimum Gasteiger partial charge on any atom is -0.364 e. The first kappa shape index (κ1) is 20.1. The number of H-pyrrole nitrogens is 1. The second-order valence-corrected chi connectivity index (χ2v) is 8.92. The highest BCUT2D eigenvalue weighted by atomic mass is 32.1. The van der Waals surface area contributed by atoms with Crippen LogP contribution in [0.4, 0.5) is 15.2 Å². The number of rotatable bonds is 6. The normalized spacial score (nSPS) is 17.5. The van der Waals surface area contributed by atoms with Crippen molar-refractivity contribution in [1.29, 1.82) is 0 Å². The summed E-state index contributed by atoms with van der Waals surface area (Å²) in [5.74, 6) is 0.703. The van der Waals surface area contributed by atoms with E-state index in [1.54, 1.807) is 0 Å². The molecule has 5 heterocycles. The highest BCUT2D eigenvalue weighted by Crippen LogP contribution is 2.28. The zero-order valence-electron chi connectivity index (χ0n) is 17.7. The molecule has 9 heteroatoms. The van der Waals surface area contributed by atoms with Gasteiger partial charge in [-0.15, -0.1) is 0 Å². The summed E-state index contributed by atoms with van der Waals surface area (Å²) in [7, 11) is 0. The van der Waals surface area contributed by atoms with Crippen LogP contribution in [-0.4, -0.2) is 47.9 Å². The fraction of sp³-hybridized carbons (Fsp3) is 0.409. The first-order valence-electron chi connectivity index (χ1n) is 10.7. The fourth-order valence-corrected chi connectivity index (χ4v) is 4.79. The van der Waals surface area contributed by atoms with Gasteiger partial charge in [0.15, 0.2) is 11.5 Å². The van der Waals surface area contributed by atoms with Gasteiger partial charge in [-0.05, 0) is 56.4 Å². The molecule has 1 atom stereocenters. The molecule has 0 saturated carbocycles. The average molecular weight is 440 g/mol. The van der Waals surface area contributed by atoms with Gasteiger partial charge in [-0.2, -0.15) is 4.37 Å². The molecule has 0 bridgehead atoms. The van der Waals surface area contributed by atoms with Crippen molar-refractivity contribution in [2.75, 3.05) is 18.4 Å². The van der Waals surface area contributed by atoms with Crippen LogP contribution in [0.2, 0.25) is 0 Å². The Morgan fingerprint density at radius 1 is 1.35 bits per heavy atom. The van der Waals surface area contributed by atoms with Crippen molar-refractivity contribution in [2.24, 2.45) is 0 Å². The molecule has 1 fully saturated rings. The molecule has 5 rings (SSSR count). The molecule has 0 aromatic carbocycles. The molecule has 0 radical (unpaired) electrons. The number of hydrogen-bond acceptors (Lipinski definition) is 6. The number of imidazole rings is 1. The van der Waals surface area contributed by atoms with E-state index in [1.165, 1.54) is 17.2 Å². The molecule has 1 unspecified atom stereocenters. The van der Waals surface area contributed by atoms with Crippen LogP contribution in [0, 0.1) is 6.92 Å². The van der Waals surface area contributed by atoms with E-state index in [1.807, 2.05) is 31.6 Å². The third kappa shape index (κ3) is 4.20. The van der Waals surface area contributed by atoms with E-state index in [9.17, 15) is 4.39 Å². The molecular formula is C22H26FN7S. The van der Waals surface area contributed by atoms with Gasteiger partial charge in [-0.3, -0.25) is 9.30 Å². The van der Waals surface area contributed by atoms with Gasteiger partial charge in [0.1, 0.15) is 11.2 Å². The summed E-state index contributed by atoms with van der Waals surface area (Å²) in [4.78, 5) is 14.8. The fourth-order valence-electron chi connectivity index (χ4n) is 4.13. The van der Waals surface area contributed by atoms with E-state index >= 15 is 0 Å². The van der Waals surface area contributed by atoms with E-state index in [0.29, 0.717) is 25.3 Å². The van der Waals surface area contributed by atoms with Crippen LogP contribution >= 0.6 is 11.5 Å². The number of likely N-dealkylation sites (tertiary alicyclic amines) is 1. The molecule has 4 aromatic heterocycles. The third-order valence-corrected chi connectivity index (χ3v) is 6.41. The number of piperidine rings is 1. The summed E-state index contributed by atoms with van der Waals surface area (Å²) in [6.07, 6.45) is 7.72. The Hall–Kier alpha value is -2.78. The molecule has 1 saturated heterocycles. The quantitative estimate of drug-likeness (QED) is 0.454. The Morgan fingerprint density at radius 3 is 3.06 bits per heavy atom. The second kappa shape index (κ2) is 8.39. The zero-order valence-corrected chi connectivity index (χ0v) is 18.5. The van der Waals surface area contributed by atoms with Crippen molar-refractivity contribution in [3.63, 3.8) is 0 Å². The number of nitrogens with one attached hydrogen (secondary N) is 2. The zero-order chi connectivity index (χ0) is 21.4. The monoisotopic (exact) mass is 439 g/mol. The smallest absolute Gasteiger partial charge is 0.180 e. The molecule has 31 heavy (non-hydrogen) atoms. The van der Waals surface area contributed by atoms with Gasteiger partial charge >= 0.3 is 0 Å². The summed E-state index contributed by atoms with van der Waals surface area (Å²) in [5, 5.41) is 4.30. The molecule has 4 aromatic rings. The van der Waals surface area contributed by atoms with Crippen LogP contribution in [0.5, 0.6) is 0 Å². The Balaban J connectivity index is 1.39. The highest BCUT2D eigenvalue weighted by Gasteiger charge is 2.20. The Kier molecular flexibility index (Phi) is 5.45. The number of nitrogens with zero attached hydrogens (tertiary/aromatic N) is 5. The van der Waals surface area contributed by atoms with Crippen LogP contribution in [0.25, 0.3) is 16.9 Å². The summed E-state index contributed by atoms with van der Waals surface area (Å²) in [6.45, 7) is 6.21. The van der Waals surface area contributed by atoms with Crippen molar-refractivity contribution < 1.29 is 4.39 Å². The number of aryl methyl sites for hydroxylation is 2. The van der Waals surface area contributed by atoms with Gasteiger partial charge in [-0.1, -0.05) is 6.92 Å². The largest absolute Gasteiger partial charge is 0.364 e. The topological polar surface area (TPSA) is 74.1 Å². The van der Waals surface area contributed by atoms with Gasteiger partial charge in [0, 0.05) is 36.7 Å². The number of hydrogen-bond donors (Lipinski definition) is 2. The van der Waals surface area contributed by atoms with Crippen molar-refractivity contribution >= 4 is 28.0 Å². The van der Waals surface area contributed by atoms with Crippen LogP contribution in [0.1, 0.15) is 36.8 Å². The Labute approximate surface area is 184 Å². The first-order valence-corrected chi connectivity index (χ1v) is 11.5. The van der Waals surface area contributed by atoms with Gasteiger partial charge in [0.05, 0.1) is 23.3 Å². The summed E-state index contributed by atoms with van der Waals surface area (Å²) in [5.41, 5.74) is 5.94. The lowest BCUT2D eigenvalue weighted by molar-refractivity contribution is 0.132. The molecular weight excluding hydrogens is 413 g/mol. The van der Waals surface area contributed by atoms with E-state index in [2.05, 4.69) is 46.9 Å². The number of alkyl halides is 1. The molecule has 0 amide bonds. The van der Waals surface area contributed by atoms with E-state index in [4.69, 9.17) is 0 Å². The van der Waals surface area contributed by atoms with Crippen molar-refractivity contribution in [1.82, 2.24) is 28.6 Å². The average Bonchev–Trinajstić information content (AvgIpc) is 3.47. The predicted octanol–water partition coefficient (Wildman–Crippen LogP) is 4.73. The lowest BCUT2D eigenvalue weighted by Crippen LogP contribution is -2.35. The lowest BCUT2D eigenvalue weighted by atomic mass is 10.1. The summed E-state index contributed by atoms with van der Waals surface area (Å²) >= 11 is 1.39. The minimum absolute atomic E-state index is 0.496. The standard InChI is InChI=1S/C22H26FN7S/c1-3-17-7-15(9-24-17)19-10-25-22-21(26-14(2)11-30(19)22)27-20-8-18(28-31-20)13-29-6-4-5-16(23)12-29/h7-11,16,24H,3-6,12-13H2,1-2H3,(H,26,27). The number of anilines is 2. The maximum absolute atomic E-state index is 13.7. The number of aromatic amines is 1. The van der Waals surface area contributed by atoms with Crippen molar-refractivity contribution in [2.45, 2.75) is 45.8 Å². The number of halogens is 1. The molecule has 0 spiro atoms. The Morgan fingerprint density at radius 2 is 2.26 bits per heavy atom. The predicted molar refractivity (Wildman–Crippen MR) is 122 cm³/mol. The number of aromatic nitrogens is 5. The molecule has 1 aliphatic heterocycles. The van der Waals surface area contributed by atoms with Gasteiger partial charge in [0.2, 0.25) is 0 Å². The van der Waals surface area contributed by atoms with E-state index in [-0.39, 0.29) is 0 Å². The van der Waals surface area contributed by atoms with E-state index < -0.39 is 6.17 Å². The summed E-state index contributed by atoms with van der Waals surface area (Å²) < 4.78 is 20.3. The molecule has 162 valence electrons. The van der Waals surface area contributed by atoms with Crippen LogP contribution in [0.15, 0.2) is 30.7 Å². The third-order valence-electron chi connectivity index (χ3n) is 5.67. The molecule has 1 aliphatic rings. The van der Waals surface area contributed by atoms with Gasteiger partial charge in [0.25, 0.3) is 0 Å². The van der Waals surface area contributed by atoms with Crippen molar-refractivity contribution in [3.8, 4) is 11.3 Å². The van der Waals surface area contributed by atoms with Crippen LogP contribution in [0.3, 0.4) is 0 Å². The maximum Gasteiger partial charge on any atom is 0.180 e. The highest BCUT2D eigenvalue weighted by molar-refractivity contribution is 7.10. The number of fused-ring (bicyclic) bond motifs is 1. The van der Waals surface area contributed by atoms with Crippen LogP contribution < -0.4 is 5.32 Å². The molecule has 7 nitrogen and oxygen atoms in total. The van der Waals surface area contributed by atoms with Gasteiger partial charge in [-0.25, -0.2) is 14.4 Å². The molecule has 2 N–H and O–H groups in total.